The molecule has 6 rings (SSSR count). The first kappa shape index (κ1) is 42.8. The van der Waals surface area contributed by atoms with E-state index in [-0.39, 0.29) is 23.9 Å². The zero-order chi connectivity index (χ0) is 39.5. The predicted molar refractivity (Wildman–Crippen MR) is 205 cm³/mol. The molecule has 1 aromatic carbocycles. The number of hydrogen-bond acceptors (Lipinski definition) is 14. The van der Waals surface area contributed by atoms with Crippen LogP contribution in [0.1, 0.15) is 37.5 Å². The summed E-state index contributed by atoms with van der Waals surface area (Å²) in [5, 5.41) is 26.5. The van der Waals surface area contributed by atoms with Crippen LogP contribution in [0.3, 0.4) is 0 Å². The number of aliphatic hydroxyl groups excluding tert-OH is 2. The number of fused-ring (bicyclic) bond motifs is 1. The molecule has 1 saturated carbocycles. The fourth-order valence-corrected chi connectivity index (χ4v) is 8.16. The molecule has 2 saturated heterocycles. The van der Waals surface area contributed by atoms with Crippen molar-refractivity contribution in [2.24, 2.45) is 5.41 Å². The molecule has 4 atom stereocenters. The van der Waals surface area contributed by atoms with Gasteiger partial charge in [0.25, 0.3) is 0 Å². The highest BCUT2D eigenvalue weighted by atomic mass is 35.5. The number of hydrogen-bond donors (Lipinski definition) is 4. The Morgan fingerprint density at radius 1 is 0.946 bits per heavy atom. The second-order valence-corrected chi connectivity index (χ2v) is 16.4. The van der Waals surface area contributed by atoms with Gasteiger partial charge in [0.1, 0.15) is 37.1 Å². The van der Waals surface area contributed by atoms with Crippen LogP contribution in [0.25, 0.3) is 11.0 Å². The summed E-state index contributed by atoms with van der Waals surface area (Å²) in [4.78, 5) is 31.8. The van der Waals surface area contributed by atoms with E-state index in [2.05, 4.69) is 55.1 Å². The average molecular weight is 823 g/mol. The first-order valence-corrected chi connectivity index (χ1v) is 21.1. The molecule has 3 fully saturated rings. The minimum Gasteiger partial charge on any atom is -0.387 e. The summed E-state index contributed by atoms with van der Waals surface area (Å²) < 4.78 is 45.6. The molecule has 2 aromatic heterocycles. The monoisotopic (exact) mass is 822 g/mol. The van der Waals surface area contributed by atoms with Crippen molar-refractivity contribution in [2.45, 2.75) is 62.8 Å². The quantitative estimate of drug-likeness (QED) is 0.0497. The lowest BCUT2D eigenvalue weighted by atomic mass is 9.67. The summed E-state index contributed by atoms with van der Waals surface area (Å²) in [6.07, 6.45) is 5.19. The number of rotatable bonds is 22. The maximum absolute atomic E-state index is 11.2. The number of ether oxygens (including phenoxy) is 6. The van der Waals surface area contributed by atoms with E-state index >= 15 is 0 Å². The molecule has 308 valence electrons. The highest BCUT2D eigenvalue weighted by molar-refractivity contribution is 7.51. The molecule has 17 nitrogen and oxygen atoms in total. The van der Waals surface area contributed by atoms with Gasteiger partial charge in [-0.3, -0.25) is 9.46 Å². The molecule has 2 aliphatic heterocycles. The molecule has 1 spiro atoms. The van der Waals surface area contributed by atoms with Crippen molar-refractivity contribution in [3.8, 4) is 12.3 Å². The molecule has 0 amide bonds. The summed E-state index contributed by atoms with van der Waals surface area (Å²) in [6.45, 7) is 6.79. The van der Waals surface area contributed by atoms with Crippen molar-refractivity contribution in [2.75, 3.05) is 90.3 Å². The number of benzene rings is 1. The van der Waals surface area contributed by atoms with Crippen molar-refractivity contribution >= 4 is 36.0 Å². The minimum atomic E-state index is -4.41. The van der Waals surface area contributed by atoms with Crippen molar-refractivity contribution in [3.63, 3.8) is 0 Å². The SMILES string of the molecule is C#CCOCCOCCOCCOCCN(Cc1ccccc1)C1CCC2(CC1)CN(c1nc(Cl)nc3c1cnn3[C@@H]1OC(COCP(=O)(O)O)[C@@H](O)[C@H]1O)C2. The Bertz CT molecular complexity index is 1760. The molecule has 0 radical (unpaired) electrons. The van der Waals surface area contributed by atoms with Gasteiger partial charge in [-0.2, -0.15) is 15.1 Å². The van der Waals surface area contributed by atoms with Crippen molar-refractivity contribution in [1.82, 2.24) is 24.6 Å². The highest BCUT2D eigenvalue weighted by Crippen LogP contribution is 2.47. The highest BCUT2D eigenvalue weighted by Gasteiger charge is 2.48. The number of anilines is 1. The van der Waals surface area contributed by atoms with Crippen molar-refractivity contribution in [1.29, 1.82) is 0 Å². The van der Waals surface area contributed by atoms with Gasteiger partial charge < -0.3 is 53.3 Å². The lowest BCUT2D eigenvalue weighted by Crippen LogP contribution is -2.59. The Labute approximate surface area is 331 Å². The van der Waals surface area contributed by atoms with E-state index in [9.17, 15) is 14.8 Å². The fourth-order valence-electron chi connectivity index (χ4n) is 7.66. The van der Waals surface area contributed by atoms with E-state index < -0.39 is 38.5 Å². The maximum atomic E-state index is 11.2. The second kappa shape index (κ2) is 20.3. The lowest BCUT2D eigenvalue weighted by Gasteiger charge is -2.55. The second-order valence-electron chi connectivity index (χ2n) is 14.5. The smallest absolute Gasteiger partial charge is 0.350 e. The van der Waals surface area contributed by atoms with Gasteiger partial charge in [-0.15, -0.1) is 6.42 Å². The lowest BCUT2D eigenvalue weighted by molar-refractivity contribution is -0.0658. The standard InChI is InChI=1S/C37H52ClN6O11P/c1-2-13-50-15-17-52-19-20-53-18-16-51-14-12-42(22-27-6-4-3-5-7-27)28-8-10-37(11-9-28)24-43(25-37)33-29-21-39-44(34(29)41-36(38)40-33)35-32(46)31(45)30(55-35)23-54-26-56(47,48)49/h1,3-7,21,28,30-32,35,45-46H,8-20,22-26H2,(H2,47,48,49)/t30?,31-,32-,35-/m1/s1. The summed E-state index contributed by atoms with van der Waals surface area (Å²) in [7, 11) is -4.41. The molecule has 56 heavy (non-hydrogen) atoms. The van der Waals surface area contributed by atoms with Crippen LogP contribution in [0, 0.1) is 17.8 Å². The van der Waals surface area contributed by atoms with Gasteiger partial charge in [0.15, 0.2) is 11.9 Å². The Kier molecular flexibility index (Phi) is 15.5. The molecule has 4 N–H and O–H groups in total. The molecule has 19 heteroatoms. The molecular weight excluding hydrogens is 771 g/mol. The van der Waals surface area contributed by atoms with Crippen molar-refractivity contribution in [3.05, 3.63) is 47.4 Å². The Balaban J connectivity index is 0.988. The normalized spacial score (nSPS) is 22.6. The zero-order valence-electron chi connectivity index (χ0n) is 31.3. The van der Waals surface area contributed by atoms with Crippen LogP contribution < -0.4 is 4.90 Å². The minimum absolute atomic E-state index is 0.00574. The molecule has 1 unspecified atom stereocenters. The summed E-state index contributed by atoms with van der Waals surface area (Å²) >= 11 is 6.43. The summed E-state index contributed by atoms with van der Waals surface area (Å²) in [6, 6.07) is 10.9. The Morgan fingerprint density at radius 2 is 1.61 bits per heavy atom. The van der Waals surface area contributed by atoms with Gasteiger partial charge in [-0.25, -0.2) is 4.68 Å². The van der Waals surface area contributed by atoms with E-state index in [0.29, 0.717) is 69.1 Å². The number of nitrogens with zero attached hydrogens (tertiary/aromatic N) is 6. The van der Waals surface area contributed by atoms with E-state index in [1.807, 2.05) is 6.07 Å². The zero-order valence-corrected chi connectivity index (χ0v) is 33.0. The third-order valence-corrected chi connectivity index (χ3v) is 11.2. The molecular formula is C37H52ClN6O11P. The molecule has 1 aliphatic carbocycles. The van der Waals surface area contributed by atoms with E-state index in [4.69, 9.17) is 56.2 Å². The van der Waals surface area contributed by atoms with Gasteiger partial charge in [-0.1, -0.05) is 36.3 Å². The number of halogens is 1. The first-order valence-electron chi connectivity index (χ1n) is 18.9. The predicted octanol–water partition coefficient (Wildman–Crippen LogP) is 2.20. The topological polar surface area (TPSA) is 203 Å². The Morgan fingerprint density at radius 3 is 2.27 bits per heavy atom. The molecule has 3 aromatic rings. The van der Waals surface area contributed by atoms with Gasteiger partial charge in [-0.05, 0) is 42.8 Å². The van der Waals surface area contributed by atoms with Crippen LogP contribution in [0.2, 0.25) is 5.28 Å². The number of aromatic nitrogens is 4. The third-order valence-electron chi connectivity index (χ3n) is 10.5. The van der Waals surface area contributed by atoms with Crippen LogP contribution in [0.4, 0.5) is 5.82 Å². The van der Waals surface area contributed by atoms with E-state index in [0.717, 1.165) is 51.9 Å². The van der Waals surface area contributed by atoms with Gasteiger partial charge in [0.2, 0.25) is 5.28 Å². The van der Waals surface area contributed by atoms with Crippen LogP contribution in [-0.4, -0.2) is 154 Å². The van der Waals surface area contributed by atoms with Gasteiger partial charge in [0.05, 0.1) is 64.4 Å². The van der Waals surface area contributed by atoms with Crippen LogP contribution in [-0.2, 0) is 39.5 Å². The van der Waals surface area contributed by atoms with Crippen molar-refractivity contribution < 1.29 is 53.0 Å². The van der Waals surface area contributed by atoms with E-state index in [1.54, 1.807) is 6.20 Å². The maximum Gasteiger partial charge on any atom is 0.350 e. The van der Waals surface area contributed by atoms with Gasteiger partial charge >= 0.3 is 7.60 Å². The largest absolute Gasteiger partial charge is 0.387 e. The van der Waals surface area contributed by atoms with Gasteiger partial charge in [0, 0.05) is 37.6 Å². The van der Waals surface area contributed by atoms with Crippen LogP contribution in [0.15, 0.2) is 36.5 Å². The molecule has 4 heterocycles. The Hall–Kier alpha value is -2.79. The van der Waals surface area contributed by atoms with Crippen LogP contribution >= 0.6 is 19.2 Å². The first-order chi connectivity index (χ1) is 27.1. The van der Waals surface area contributed by atoms with E-state index in [1.165, 1.54) is 10.2 Å². The number of aliphatic hydroxyl groups is 2. The molecule has 3 aliphatic rings. The number of terminal acetylenes is 1. The summed E-state index contributed by atoms with van der Waals surface area (Å²) in [5.74, 6) is 3.06. The summed E-state index contributed by atoms with van der Waals surface area (Å²) in [5.41, 5.74) is 1.75. The molecule has 0 bridgehead atoms. The fraction of sp³-hybridized carbons (Fsp3) is 0.649. The van der Waals surface area contributed by atoms with Crippen LogP contribution in [0.5, 0.6) is 0 Å². The third kappa shape index (κ3) is 11.4. The average Bonchev–Trinajstić information content (AvgIpc) is 3.71.